The van der Waals surface area contributed by atoms with Crippen molar-refractivity contribution in [2.45, 2.75) is 0 Å². The van der Waals surface area contributed by atoms with E-state index in [2.05, 4.69) is 40.8 Å². The maximum Gasteiger partial charge on any atom is 0.294 e. The Morgan fingerprint density at radius 3 is 2.87 bits per heavy atom. The van der Waals surface area contributed by atoms with Gasteiger partial charge in [0.05, 0.1) is 11.1 Å². The van der Waals surface area contributed by atoms with E-state index in [1.54, 1.807) is 30.6 Å². The van der Waals surface area contributed by atoms with Gasteiger partial charge in [-0.2, -0.15) is 9.78 Å². The fraction of sp³-hybridized carbons (Fsp3) is 0. The first kappa shape index (κ1) is 19.3. The number of hydrogen-bond acceptors (Lipinski definition) is 11. The maximum absolute atomic E-state index is 12.7. The number of anilines is 1. The number of carbonyl (C=O) groups is 1. The highest BCUT2D eigenvalue weighted by molar-refractivity contribution is 5.99. The number of pyridine rings is 1. The summed E-state index contributed by atoms with van der Waals surface area (Å²) in [6.45, 7) is 0. The van der Waals surface area contributed by atoms with Crippen molar-refractivity contribution in [3.8, 4) is 17.1 Å². The number of hydrogen-bond donors (Lipinski definition) is 2. The summed E-state index contributed by atoms with van der Waals surface area (Å²) in [6.07, 6.45) is 4.55. The molecular weight excluding hydrogens is 408 g/mol. The number of nitrogens with two attached hydrogens (primary N) is 1. The van der Waals surface area contributed by atoms with Crippen LogP contribution in [0.5, 0.6) is 0 Å². The fourth-order valence-electron chi connectivity index (χ4n) is 2.62. The highest BCUT2D eigenvalue weighted by Crippen LogP contribution is 2.28. The number of rotatable bonds is 6. The number of nitro groups is 1. The topological polar surface area (TPSA) is 193 Å². The number of non-ortho nitro benzene ring substituents is 1. The third kappa shape index (κ3) is 3.93. The average Bonchev–Trinajstić information content (AvgIpc) is 3.40. The molecule has 0 spiro atoms. The first-order valence-electron chi connectivity index (χ1n) is 8.57. The summed E-state index contributed by atoms with van der Waals surface area (Å²) in [5, 5.41) is 29.9. The molecule has 154 valence electrons. The summed E-state index contributed by atoms with van der Waals surface area (Å²) in [5.74, 6) is -0.868. The number of nitrogen functional groups attached to an aromatic ring is 1. The molecule has 0 fully saturated rings. The van der Waals surface area contributed by atoms with Crippen LogP contribution in [0.2, 0.25) is 0 Å². The van der Waals surface area contributed by atoms with Crippen LogP contribution < -0.4 is 11.2 Å². The Balaban J connectivity index is 1.74. The highest BCUT2D eigenvalue weighted by atomic mass is 16.6. The molecule has 0 atom stereocenters. The van der Waals surface area contributed by atoms with Gasteiger partial charge in [0.25, 0.3) is 11.6 Å². The minimum Gasteiger partial charge on any atom is -0.378 e. The molecule has 31 heavy (non-hydrogen) atoms. The molecule has 14 heteroatoms. The van der Waals surface area contributed by atoms with Crippen molar-refractivity contribution in [1.82, 2.24) is 35.7 Å². The second kappa shape index (κ2) is 8.16. The smallest absolute Gasteiger partial charge is 0.294 e. The largest absolute Gasteiger partial charge is 0.378 e. The van der Waals surface area contributed by atoms with Crippen LogP contribution in [0.3, 0.4) is 0 Å². The van der Waals surface area contributed by atoms with E-state index in [-0.39, 0.29) is 34.3 Å². The summed E-state index contributed by atoms with van der Waals surface area (Å²) >= 11 is 0. The van der Waals surface area contributed by atoms with Gasteiger partial charge < -0.3 is 5.73 Å². The minimum absolute atomic E-state index is 0.0353. The molecule has 1 amide bonds. The van der Waals surface area contributed by atoms with Crippen LogP contribution in [0.15, 0.2) is 58.5 Å². The second-order valence-corrected chi connectivity index (χ2v) is 5.96. The van der Waals surface area contributed by atoms with Gasteiger partial charge in [0.2, 0.25) is 11.6 Å². The predicted octanol–water partition coefficient (Wildman–Crippen LogP) is 0.967. The number of amides is 1. The molecule has 3 aromatic heterocycles. The molecule has 0 aliphatic carbocycles. The number of nitro benzene ring substituents is 1. The Bertz CT molecular complexity index is 1280. The van der Waals surface area contributed by atoms with Crippen LogP contribution >= 0.6 is 0 Å². The number of nitrogens with one attached hydrogen (secondary N) is 1. The maximum atomic E-state index is 12.7. The standard InChI is InChI=1S/C17H12N10O4/c18-15-16(24-31-23-15)26-14(11-4-1-5-12(7-11)27(29)30)13(21-25-26)17(28)22-20-9-10-3-2-6-19-8-10/h1-9H,(H2,18,23)(H,22,28)/b20-9+. The Morgan fingerprint density at radius 2 is 2.16 bits per heavy atom. The van der Waals surface area contributed by atoms with E-state index in [9.17, 15) is 14.9 Å². The van der Waals surface area contributed by atoms with Gasteiger partial charge in [-0.25, -0.2) is 10.1 Å². The van der Waals surface area contributed by atoms with Gasteiger partial charge in [0, 0.05) is 35.7 Å². The van der Waals surface area contributed by atoms with Gasteiger partial charge in [-0.15, -0.1) is 5.10 Å². The molecule has 0 radical (unpaired) electrons. The van der Waals surface area contributed by atoms with Crippen molar-refractivity contribution in [3.05, 3.63) is 70.2 Å². The van der Waals surface area contributed by atoms with Gasteiger partial charge in [-0.1, -0.05) is 23.4 Å². The number of hydrazone groups is 1. The first-order valence-corrected chi connectivity index (χ1v) is 8.57. The monoisotopic (exact) mass is 420 g/mol. The van der Waals surface area contributed by atoms with Crippen molar-refractivity contribution < 1.29 is 14.3 Å². The summed E-state index contributed by atoms with van der Waals surface area (Å²) in [6, 6.07) is 9.02. The molecule has 0 aliphatic rings. The Kier molecular flexibility index (Phi) is 5.08. The number of carbonyl (C=O) groups excluding carboxylic acids is 1. The van der Waals surface area contributed by atoms with E-state index in [1.807, 2.05) is 0 Å². The summed E-state index contributed by atoms with van der Waals surface area (Å²) in [7, 11) is 0. The van der Waals surface area contributed by atoms with Crippen molar-refractivity contribution in [2.24, 2.45) is 5.10 Å². The lowest BCUT2D eigenvalue weighted by Crippen LogP contribution is -2.19. The van der Waals surface area contributed by atoms with Crippen molar-refractivity contribution in [2.75, 3.05) is 5.73 Å². The fourth-order valence-corrected chi connectivity index (χ4v) is 2.62. The molecule has 0 saturated heterocycles. The highest BCUT2D eigenvalue weighted by Gasteiger charge is 2.26. The Labute approximate surface area is 172 Å². The number of nitrogens with zero attached hydrogens (tertiary/aromatic N) is 8. The predicted molar refractivity (Wildman–Crippen MR) is 105 cm³/mol. The van der Waals surface area contributed by atoms with Crippen LogP contribution in [-0.4, -0.2) is 47.3 Å². The molecule has 4 rings (SSSR count). The van der Waals surface area contributed by atoms with Crippen LogP contribution in [0.25, 0.3) is 17.1 Å². The summed E-state index contributed by atoms with van der Waals surface area (Å²) < 4.78 is 5.69. The van der Waals surface area contributed by atoms with Crippen molar-refractivity contribution in [3.63, 3.8) is 0 Å². The lowest BCUT2D eigenvalue weighted by molar-refractivity contribution is -0.384. The molecule has 0 bridgehead atoms. The molecule has 0 saturated carbocycles. The lowest BCUT2D eigenvalue weighted by Gasteiger charge is -2.05. The van der Waals surface area contributed by atoms with Crippen LogP contribution in [0.1, 0.15) is 16.1 Å². The lowest BCUT2D eigenvalue weighted by atomic mass is 10.1. The van der Waals surface area contributed by atoms with Crippen molar-refractivity contribution >= 4 is 23.6 Å². The van der Waals surface area contributed by atoms with Gasteiger partial charge in [0.15, 0.2) is 5.69 Å². The molecule has 1 aromatic carbocycles. The van der Waals surface area contributed by atoms with E-state index in [1.165, 1.54) is 24.4 Å². The van der Waals surface area contributed by atoms with E-state index < -0.39 is 10.8 Å². The number of benzene rings is 1. The van der Waals surface area contributed by atoms with Crippen LogP contribution in [-0.2, 0) is 0 Å². The number of aromatic nitrogens is 6. The van der Waals surface area contributed by atoms with E-state index >= 15 is 0 Å². The van der Waals surface area contributed by atoms with Gasteiger partial charge in [0.1, 0.15) is 5.69 Å². The third-order valence-electron chi connectivity index (χ3n) is 3.98. The van der Waals surface area contributed by atoms with Crippen molar-refractivity contribution in [1.29, 1.82) is 0 Å². The molecule has 0 unspecified atom stereocenters. The van der Waals surface area contributed by atoms with E-state index in [0.717, 1.165) is 4.68 Å². The molecular formula is C17H12N10O4. The average molecular weight is 420 g/mol. The molecule has 3 N–H and O–H groups in total. The zero-order chi connectivity index (χ0) is 21.8. The Hall–Kier alpha value is -5.01. The molecule has 4 aromatic rings. The minimum atomic E-state index is -0.720. The third-order valence-corrected chi connectivity index (χ3v) is 3.98. The quantitative estimate of drug-likeness (QED) is 0.258. The van der Waals surface area contributed by atoms with Crippen LogP contribution in [0.4, 0.5) is 11.5 Å². The first-order chi connectivity index (χ1) is 15.0. The molecule has 14 nitrogen and oxygen atoms in total. The SMILES string of the molecule is Nc1nonc1-n1nnc(C(=O)N/N=C/c2cccnc2)c1-c1cccc([N+](=O)[O-])c1. The van der Waals surface area contributed by atoms with Gasteiger partial charge >= 0.3 is 0 Å². The molecule has 3 heterocycles. The second-order valence-electron chi connectivity index (χ2n) is 5.96. The zero-order valence-corrected chi connectivity index (χ0v) is 15.5. The van der Waals surface area contributed by atoms with Crippen LogP contribution in [0, 0.1) is 10.1 Å². The summed E-state index contributed by atoms with van der Waals surface area (Å²) in [4.78, 5) is 27.3. The van der Waals surface area contributed by atoms with Gasteiger partial charge in [-0.3, -0.25) is 19.9 Å². The van der Waals surface area contributed by atoms with E-state index in [4.69, 9.17) is 5.73 Å². The van der Waals surface area contributed by atoms with E-state index in [0.29, 0.717) is 5.56 Å². The zero-order valence-electron chi connectivity index (χ0n) is 15.5. The normalized spacial score (nSPS) is 11.0. The van der Waals surface area contributed by atoms with Gasteiger partial charge in [-0.05, 0) is 16.4 Å². The summed E-state index contributed by atoms with van der Waals surface area (Å²) in [5.41, 5.74) is 8.70. The molecule has 0 aliphatic heterocycles. The Morgan fingerprint density at radius 1 is 1.29 bits per heavy atom.